The van der Waals surface area contributed by atoms with Crippen molar-refractivity contribution in [2.45, 2.75) is 20.3 Å². The van der Waals surface area contributed by atoms with E-state index in [0.29, 0.717) is 22.3 Å². The molecule has 25 heavy (non-hydrogen) atoms. The van der Waals surface area contributed by atoms with Crippen LogP contribution in [0.25, 0.3) is 6.08 Å². The molecule has 0 atom stereocenters. The highest BCUT2D eigenvalue weighted by molar-refractivity contribution is 8.19. The topological polar surface area (TPSA) is 65.8 Å². The highest BCUT2D eigenvalue weighted by Crippen LogP contribution is 2.37. The van der Waals surface area contributed by atoms with Gasteiger partial charge in [0.25, 0.3) is 5.91 Å². The van der Waals surface area contributed by atoms with E-state index in [1.54, 1.807) is 23.1 Å². The third-order valence-corrected chi connectivity index (χ3v) is 4.69. The fourth-order valence-corrected chi connectivity index (χ4v) is 3.41. The number of anilines is 1. The van der Waals surface area contributed by atoms with Gasteiger partial charge >= 0.3 is 0 Å². The Morgan fingerprint density at radius 3 is 2.76 bits per heavy atom. The van der Waals surface area contributed by atoms with Gasteiger partial charge in [-0.3, -0.25) is 19.7 Å². The molecule has 1 amide bonds. The molecule has 1 N–H and O–H groups in total. The summed E-state index contributed by atoms with van der Waals surface area (Å²) in [5.74, 6) is -0.0108. The normalized spacial score (nSPS) is 17.7. The number of para-hydroxylation sites is 1. The van der Waals surface area contributed by atoms with Crippen molar-refractivity contribution in [3.8, 4) is 5.75 Å². The van der Waals surface area contributed by atoms with Gasteiger partial charge in [0.1, 0.15) is 5.75 Å². The van der Waals surface area contributed by atoms with Gasteiger partial charge in [0.05, 0.1) is 22.5 Å². The minimum Gasteiger partial charge on any atom is -0.506 e. The Labute approximate surface area is 151 Å². The van der Waals surface area contributed by atoms with Gasteiger partial charge in [0.15, 0.2) is 5.17 Å². The Morgan fingerprint density at radius 1 is 1.28 bits per heavy atom. The zero-order chi connectivity index (χ0) is 17.8. The summed E-state index contributed by atoms with van der Waals surface area (Å²) in [7, 11) is 0. The van der Waals surface area contributed by atoms with Crippen molar-refractivity contribution in [2.24, 2.45) is 4.99 Å². The molecule has 1 aromatic carbocycles. The van der Waals surface area contributed by atoms with Crippen LogP contribution in [0.4, 0.5) is 5.69 Å². The third-order valence-electron chi connectivity index (χ3n) is 3.68. The number of aliphatic imine (C=N–C) groups is 1. The molecular weight excluding hydrogens is 334 g/mol. The molecule has 1 fully saturated rings. The number of aromatic hydroxyl groups is 1. The van der Waals surface area contributed by atoms with Crippen LogP contribution in [-0.4, -0.2) is 27.7 Å². The Kier molecular flexibility index (Phi) is 5.19. The van der Waals surface area contributed by atoms with E-state index in [0.717, 1.165) is 17.7 Å². The van der Waals surface area contributed by atoms with Crippen LogP contribution in [0.3, 0.4) is 0 Å². The molecule has 6 heteroatoms. The summed E-state index contributed by atoms with van der Waals surface area (Å²) >= 11 is 1.35. The van der Waals surface area contributed by atoms with E-state index in [-0.39, 0.29) is 11.7 Å². The summed E-state index contributed by atoms with van der Waals surface area (Å²) in [4.78, 5) is 23.9. The molecule has 1 aliphatic rings. The lowest BCUT2D eigenvalue weighted by Gasteiger charge is -2.17. The summed E-state index contributed by atoms with van der Waals surface area (Å²) in [6.07, 6.45) is 4.01. The van der Waals surface area contributed by atoms with Crippen LogP contribution < -0.4 is 4.90 Å². The number of rotatable bonds is 4. The quantitative estimate of drug-likeness (QED) is 0.844. The van der Waals surface area contributed by atoms with Crippen LogP contribution in [0.1, 0.15) is 24.6 Å². The van der Waals surface area contributed by atoms with E-state index in [4.69, 9.17) is 0 Å². The number of thioether (sulfide) groups is 1. The van der Waals surface area contributed by atoms with Crippen molar-refractivity contribution in [3.05, 3.63) is 58.8 Å². The molecule has 0 unspecified atom stereocenters. The molecule has 3 rings (SSSR count). The standard InChI is InChI=1S/C19H19N3O2S/c1-3-10-20-19-22(16-7-5-4-6-13(16)2)18(24)17(25-19)11-14-8-9-15(23)12-21-14/h4-9,11-12,23H,3,10H2,1-2H3/b17-11-,20-19?. The average molecular weight is 353 g/mol. The molecule has 0 saturated carbocycles. The summed E-state index contributed by atoms with van der Waals surface area (Å²) in [5.41, 5.74) is 2.48. The van der Waals surface area contributed by atoms with Crippen molar-refractivity contribution in [2.75, 3.05) is 11.4 Å². The fraction of sp³-hybridized carbons (Fsp3) is 0.211. The first-order chi connectivity index (χ1) is 12.1. The molecule has 1 aromatic heterocycles. The largest absolute Gasteiger partial charge is 0.506 e. The predicted octanol–water partition coefficient (Wildman–Crippen LogP) is 3.98. The fourth-order valence-electron chi connectivity index (χ4n) is 2.43. The molecule has 0 aliphatic carbocycles. The number of carbonyl (C=O) groups is 1. The van der Waals surface area contributed by atoms with E-state index in [9.17, 15) is 9.90 Å². The summed E-state index contributed by atoms with van der Waals surface area (Å²) < 4.78 is 0. The van der Waals surface area contributed by atoms with Crippen molar-refractivity contribution >= 4 is 34.6 Å². The lowest BCUT2D eigenvalue weighted by Crippen LogP contribution is -2.29. The molecule has 128 valence electrons. The zero-order valence-corrected chi connectivity index (χ0v) is 15.0. The van der Waals surface area contributed by atoms with Gasteiger partial charge in [0.2, 0.25) is 0 Å². The molecular formula is C19H19N3O2S. The zero-order valence-electron chi connectivity index (χ0n) is 14.1. The van der Waals surface area contributed by atoms with Gasteiger partial charge in [-0.05, 0) is 54.9 Å². The SMILES string of the molecule is CCCN=C1S/C(=C\c2ccc(O)cn2)C(=O)N1c1ccccc1C. The maximum absolute atomic E-state index is 13.0. The lowest BCUT2D eigenvalue weighted by molar-refractivity contribution is -0.113. The first-order valence-corrected chi connectivity index (χ1v) is 8.91. The highest BCUT2D eigenvalue weighted by atomic mass is 32.2. The number of hydrogen-bond donors (Lipinski definition) is 1. The van der Waals surface area contributed by atoms with Gasteiger partial charge in [-0.2, -0.15) is 0 Å². The Morgan fingerprint density at radius 2 is 2.08 bits per heavy atom. The lowest BCUT2D eigenvalue weighted by atomic mass is 10.2. The molecule has 0 spiro atoms. The van der Waals surface area contributed by atoms with Crippen LogP contribution in [0.5, 0.6) is 5.75 Å². The van der Waals surface area contributed by atoms with Crippen LogP contribution in [0.2, 0.25) is 0 Å². The van der Waals surface area contributed by atoms with E-state index in [1.165, 1.54) is 18.0 Å². The number of amides is 1. The average Bonchev–Trinajstić information content (AvgIpc) is 2.91. The molecule has 2 aromatic rings. The van der Waals surface area contributed by atoms with Crippen LogP contribution in [-0.2, 0) is 4.79 Å². The van der Waals surface area contributed by atoms with E-state index < -0.39 is 0 Å². The van der Waals surface area contributed by atoms with E-state index in [2.05, 4.69) is 16.9 Å². The van der Waals surface area contributed by atoms with Crippen LogP contribution in [0, 0.1) is 6.92 Å². The highest BCUT2D eigenvalue weighted by Gasteiger charge is 2.35. The number of aryl methyl sites for hydroxylation is 1. The number of benzene rings is 1. The van der Waals surface area contributed by atoms with Crippen LogP contribution >= 0.6 is 11.8 Å². The van der Waals surface area contributed by atoms with Crippen molar-refractivity contribution in [3.63, 3.8) is 0 Å². The molecule has 0 bridgehead atoms. The summed E-state index contributed by atoms with van der Waals surface area (Å²) in [6, 6.07) is 11.0. The first kappa shape index (κ1) is 17.2. The van der Waals surface area contributed by atoms with Gasteiger partial charge in [-0.25, -0.2) is 0 Å². The maximum atomic E-state index is 13.0. The number of carbonyl (C=O) groups excluding carboxylic acids is 1. The number of hydrogen-bond acceptors (Lipinski definition) is 5. The molecule has 0 radical (unpaired) electrons. The van der Waals surface area contributed by atoms with E-state index >= 15 is 0 Å². The van der Waals surface area contributed by atoms with Crippen molar-refractivity contribution in [1.82, 2.24) is 4.98 Å². The van der Waals surface area contributed by atoms with Gasteiger partial charge in [-0.15, -0.1) is 0 Å². The minimum absolute atomic E-state index is 0.0966. The van der Waals surface area contributed by atoms with Crippen molar-refractivity contribution < 1.29 is 9.90 Å². The van der Waals surface area contributed by atoms with E-state index in [1.807, 2.05) is 31.2 Å². The Balaban J connectivity index is 2.00. The first-order valence-electron chi connectivity index (χ1n) is 8.09. The summed E-state index contributed by atoms with van der Waals surface area (Å²) in [5, 5.41) is 10.0. The second kappa shape index (κ2) is 7.53. The molecule has 2 heterocycles. The number of aromatic nitrogens is 1. The van der Waals surface area contributed by atoms with Gasteiger partial charge in [-0.1, -0.05) is 25.1 Å². The number of nitrogens with zero attached hydrogens (tertiary/aromatic N) is 3. The smallest absolute Gasteiger partial charge is 0.271 e. The monoisotopic (exact) mass is 353 g/mol. The maximum Gasteiger partial charge on any atom is 0.271 e. The molecule has 1 aliphatic heterocycles. The molecule has 1 saturated heterocycles. The summed E-state index contributed by atoms with van der Waals surface area (Å²) in [6.45, 7) is 4.71. The van der Waals surface area contributed by atoms with Gasteiger partial charge in [0, 0.05) is 6.54 Å². The minimum atomic E-state index is -0.107. The third kappa shape index (κ3) is 3.74. The molecule has 5 nitrogen and oxygen atoms in total. The number of pyridine rings is 1. The Bertz CT molecular complexity index is 844. The van der Waals surface area contributed by atoms with Crippen molar-refractivity contribution in [1.29, 1.82) is 0 Å². The van der Waals surface area contributed by atoms with Gasteiger partial charge < -0.3 is 5.11 Å². The second-order valence-electron chi connectivity index (χ2n) is 5.64. The predicted molar refractivity (Wildman–Crippen MR) is 103 cm³/mol. The van der Waals surface area contributed by atoms with Crippen LogP contribution in [0.15, 0.2) is 52.5 Å². The Hall–Kier alpha value is -2.60. The number of amidine groups is 1. The second-order valence-corrected chi connectivity index (χ2v) is 6.65.